The molecule has 0 unspecified atom stereocenters. The van der Waals surface area contributed by atoms with E-state index in [1.807, 2.05) is 42.1 Å². The van der Waals surface area contributed by atoms with Gasteiger partial charge in [-0.3, -0.25) is 4.79 Å². The van der Waals surface area contributed by atoms with Gasteiger partial charge in [0.25, 0.3) is 0 Å². The van der Waals surface area contributed by atoms with Gasteiger partial charge in [-0.05, 0) is 43.5 Å². The molecule has 5 rings (SSSR count). The standard InChI is InChI=1S/C27H31N7O/c1-27(2,28)26(35)31-23(14-18-16-30-22-11-7-5-9-20(18)22)25-33-32-24(34(25)3)13-12-17-15-29-21-10-6-4-8-19(17)21/h4-11,15-16,23,29-30H,12-14,28H2,1-3H3,(H,31,35)/t23-/m1/s1. The molecular formula is C27H31N7O. The highest BCUT2D eigenvalue weighted by Crippen LogP contribution is 2.25. The second-order valence-electron chi connectivity index (χ2n) is 9.70. The Kier molecular flexibility index (Phi) is 5.90. The van der Waals surface area contributed by atoms with Crippen molar-refractivity contribution in [2.24, 2.45) is 12.8 Å². The van der Waals surface area contributed by atoms with E-state index in [-0.39, 0.29) is 11.9 Å². The summed E-state index contributed by atoms with van der Waals surface area (Å²) >= 11 is 0. The fraction of sp³-hybridized carbons (Fsp3) is 0.296. The van der Waals surface area contributed by atoms with Gasteiger partial charge in [0.05, 0.1) is 11.6 Å². The predicted molar refractivity (Wildman–Crippen MR) is 138 cm³/mol. The number of carbonyl (C=O) groups excluding carboxylic acids is 1. The van der Waals surface area contributed by atoms with Crippen LogP contribution in [0.5, 0.6) is 0 Å². The Morgan fingerprint density at radius 3 is 2.23 bits per heavy atom. The first-order chi connectivity index (χ1) is 16.8. The van der Waals surface area contributed by atoms with Crippen molar-refractivity contribution in [3.8, 4) is 0 Å². The number of H-pyrrole nitrogens is 2. The van der Waals surface area contributed by atoms with Gasteiger partial charge in [0.2, 0.25) is 5.91 Å². The van der Waals surface area contributed by atoms with Crippen molar-refractivity contribution in [2.45, 2.75) is 44.7 Å². The fourth-order valence-electron chi connectivity index (χ4n) is 4.55. The number of nitrogens with two attached hydrogens (primary N) is 1. The normalized spacial score (nSPS) is 12.9. The van der Waals surface area contributed by atoms with Crippen LogP contribution in [0.25, 0.3) is 21.8 Å². The maximum Gasteiger partial charge on any atom is 0.240 e. The van der Waals surface area contributed by atoms with E-state index in [2.05, 4.69) is 55.9 Å². The average Bonchev–Trinajstić information content (AvgIpc) is 3.54. The van der Waals surface area contributed by atoms with E-state index in [9.17, 15) is 4.79 Å². The van der Waals surface area contributed by atoms with Crippen molar-refractivity contribution in [3.05, 3.63) is 83.7 Å². The number of aromatic nitrogens is 5. The Morgan fingerprint density at radius 1 is 0.971 bits per heavy atom. The van der Waals surface area contributed by atoms with Crippen molar-refractivity contribution < 1.29 is 4.79 Å². The molecule has 35 heavy (non-hydrogen) atoms. The van der Waals surface area contributed by atoms with E-state index < -0.39 is 5.54 Å². The Labute approximate surface area is 203 Å². The Morgan fingerprint density at radius 2 is 1.57 bits per heavy atom. The number of aromatic amines is 2. The summed E-state index contributed by atoms with van der Waals surface area (Å²) in [6.45, 7) is 3.41. The van der Waals surface area contributed by atoms with Crippen LogP contribution in [0.2, 0.25) is 0 Å². The summed E-state index contributed by atoms with van der Waals surface area (Å²) in [5, 5.41) is 14.5. The van der Waals surface area contributed by atoms with Crippen LogP contribution in [0.4, 0.5) is 0 Å². The molecule has 0 aliphatic carbocycles. The van der Waals surface area contributed by atoms with Crippen molar-refractivity contribution in [1.82, 2.24) is 30.0 Å². The lowest BCUT2D eigenvalue weighted by Crippen LogP contribution is -2.50. The molecule has 8 nitrogen and oxygen atoms in total. The molecule has 3 aromatic heterocycles. The number of carbonyl (C=O) groups is 1. The summed E-state index contributed by atoms with van der Waals surface area (Å²) in [4.78, 5) is 19.5. The quantitative estimate of drug-likeness (QED) is 0.277. The zero-order valence-electron chi connectivity index (χ0n) is 20.3. The topological polar surface area (TPSA) is 117 Å². The first kappa shape index (κ1) is 22.9. The molecule has 0 saturated heterocycles. The minimum atomic E-state index is -1.00. The van der Waals surface area contributed by atoms with E-state index in [1.165, 1.54) is 10.9 Å². The van der Waals surface area contributed by atoms with Crippen LogP contribution in [0.15, 0.2) is 60.9 Å². The molecule has 1 amide bonds. The molecule has 5 N–H and O–H groups in total. The highest BCUT2D eigenvalue weighted by Gasteiger charge is 2.29. The van der Waals surface area contributed by atoms with E-state index >= 15 is 0 Å². The molecule has 0 fully saturated rings. The summed E-state index contributed by atoms with van der Waals surface area (Å²) in [5.74, 6) is 1.35. The maximum absolute atomic E-state index is 12.9. The molecule has 3 heterocycles. The molecule has 0 bridgehead atoms. The van der Waals surface area contributed by atoms with Gasteiger partial charge in [-0.1, -0.05) is 36.4 Å². The number of benzene rings is 2. The van der Waals surface area contributed by atoms with Gasteiger partial charge in [0.15, 0.2) is 5.82 Å². The first-order valence-electron chi connectivity index (χ1n) is 11.9. The zero-order chi connectivity index (χ0) is 24.6. The van der Waals surface area contributed by atoms with Crippen LogP contribution in [-0.2, 0) is 31.1 Å². The van der Waals surface area contributed by atoms with Crippen LogP contribution in [-0.4, -0.2) is 36.2 Å². The number of hydrogen-bond donors (Lipinski definition) is 4. The average molecular weight is 470 g/mol. The number of amides is 1. The molecule has 0 aliphatic rings. The smallest absolute Gasteiger partial charge is 0.240 e. The number of hydrogen-bond acceptors (Lipinski definition) is 4. The SMILES string of the molecule is Cn1c(CCc2c[nH]c3ccccc23)nnc1[C@@H](Cc1c[nH]c2ccccc12)NC(=O)C(C)(C)N. The van der Waals surface area contributed by atoms with E-state index in [0.717, 1.165) is 40.6 Å². The minimum absolute atomic E-state index is 0.231. The summed E-state index contributed by atoms with van der Waals surface area (Å²) in [6, 6.07) is 16.1. The van der Waals surface area contributed by atoms with Gasteiger partial charge < -0.3 is 25.6 Å². The number of para-hydroxylation sites is 2. The lowest BCUT2D eigenvalue weighted by Gasteiger charge is -2.24. The number of rotatable bonds is 8. The first-order valence-corrected chi connectivity index (χ1v) is 11.9. The number of nitrogens with zero attached hydrogens (tertiary/aromatic N) is 3. The predicted octanol–water partition coefficient (Wildman–Crippen LogP) is 3.70. The van der Waals surface area contributed by atoms with Crippen molar-refractivity contribution in [2.75, 3.05) is 0 Å². The highest BCUT2D eigenvalue weighted by atomic mass is 16.2. The van der Waals surface area contributed by atoms with Crippen molar-refractivity contribution in [1.29, 1.82) is 0 Å². The molecule has 2 aromatic carbocycles. The number of nitrogens with one attached hydrogen (secondary N) is 3. The molecule has 0 spiro atoms. The van der Waals surface area contributed by atoms with Crippen LogP contribution < -0.4 is 11.1 Å². The molecular weight excluding hydrogens is 438 g/mol. The largest absolute Gasteiger partial charge is 0.361 e. The van der Waals surface area contributed by atoms with E-state index in [4.69, 9.17) is 5.73 Å². The monoisotopic (exact) mass is 469 g/mol. The number of fused-ring (bicyclic) bond motifs is 2. The van der Waals surface area contributed by atoms with Crippen LogP contribution in [0.1, 0.15) is 42.7 Å². The van der Waals surface area contributed by atoms with E-state index in [0.29, 0.717) is 12.2 Å². The van der Waals surface area contributed by atoms with Gasteiger partial charge in [0.1, 0.15) is 5.82 Å². The third kappa shape index (κ3) is 4.57. The Bertz CT molecular complexity index is 1480. The molecule has 8 heteroatoms. The molecule has 0 aliphatic heterocycles. The maximum atomic E-state index is 12.9. The Hall–Kier alpha value is -3.91. The summed E-state index contributed by atoms with van der Waals surface area (Å²) in [5.41, 5.74) is 9.63. The lowest BCUT2D eigenvalue weighted by molar-refractivity contribution is -0.126. The van der Waals surface area contributed by atoms with Crippen LogP contribution >= 0.6 is 0 Å². The number of aryl methyl sites for hydroxylation is 2. The summed E-state index contributed by atoms with van der Waals surface area (Å²) in [6.07, 6.45) is 6.20. The van der Waals surface area contributed by atoms with Gasteiger partial charge in [0, 0.05) is 54.1 Å². The second kappa shape index (κ2) is 9.03. The van der Waals surface area contributed by atoms with Gasteiger partial charge >= 0.3 is 0 Å². The molecule has 0 radical (unpaired) electrons. The highest BCUT2D eigenvalue weighted by molar-refractivity contribution is 5.86. The van der Waals surface area contributed by atoms with Crippen LogP contribution in [0.3, 0.4) is 0 Å². The van der Waals surface area contributed by atoms with Crippen LogP contribution in [0, 0.1) is 0 Å². The third-order valence-electron chi connectivity index (χ3n) is 6.59. The van der Waals surface area contributed by atoms with Gasteiger partial charge in [-0.15, -0.1) is 10.2 Å². The molecule has 5 aromatic rings. The Balaban J connectivity index is 1.41. The lowest BCUT2D eigenvalue weighted by atomic mass is 10.0. The second-order valence-corrected chi connectivity index (χ2v) is 9.70. The molecule has 1 atom stereocenters. The van der Waals surface area contributed by atoms with Crippen molar-refractivity contribution in [3.63, 3.8) is 0 Å². The minimum Gasteiger partial charge on any atom is -0.361 e. The van der Waals surface area contributed by atoms with Crippen molar-refractivity contribution >= 4 is 27.7 Å². The third-order valence-corrected chi connectivity index (χ3v) is 6.59. The molecule has 0 saturated carbocycles. The summed E-state index contributed by atoms with van der Waals surface area (Å²) in [7, 11) is 1.96. The summed E-state index contributed by atoms with van der Waals surface area (Å²) < 4.78 is 2.00. The zero-order valence-corrected chi connectivity index (χ0v) is 20.3. The van der Waals surface area contributed by atoms with Gasteiger partial charge in [-0.25, -0.2) is 0 Å². The van der Waals surface area contributed by atoms with E-state index in [1.54, 1.807) is 13.8 Å². The fourth-order valence-corrected chi connectivity index (χ4v) is 4.55. The molecule has 180 valence electrons. The van der Waals surface area contributed by atoms with Gasteiger partial charge in [-0.2, -0.15) is 0 Å².